The van der Waals surface area contributed by atoms with Crippen molar-refractivity contribution in [2.45, 2.75) is 38.8 Å². The third-order valence-electron chi connectivity index (χ3n) is 5.24. The molecular weight excluding hydrogens is 432 g/mol. The fourth-order valence-electron chi connectivity index (χ4n) is 3.62. The molecule has 0 aliphatic rings. The highest BCUT2D eigenvalue weighted by Crippen LogP contribution is 2.33. The van der Waals surface area contributed by atoms with Crippen LogP contribution in [-0.2, 0) is 11.2 Å². The van der Waals surface area contributed by atoms with E-state index in [0.717, 1.165) is 38.1 Å². The Bertz CT molecular complexity index is 1240. The van der Waals surface area contributed by atoms with Gasteiger partial charge in [0, 0.05) is 22.7 Å². The van der Waals surface area contributed by atoms with E-state index in [2.05, 4.69) is 39.9 Å². The molecule has 6 heteroatoms. The molecule has 0 saturated heterocycles. The molecule has 4 aromatic rings. The molecule has 2 heterocycles. The molecule has 1 N–H and O–H groups in total. The molecule has 0 unspecified atom stereocenters. The average Bonchev–Trinajstić information content (AvgIpc) is 3.28. The second kappa shape index (κ2) is 9.63. The van der Waals surface area contributed by atoms with Gasteiger partial charge in [-0.3, -0.25) is 4.98 Å². The lowest BCUT2D eigenvalue weighted by Gasteiger charge is -2.23. The van der Waals surface area contributed by atoms with Crippen molar-refractivity contribution in [1.29, 1.82) is 0 Å². The van der Waals surface area contributed by atoms with Gasteiger partial charge >= 0.3 is 6.09 Å². The van der Waals surface area contributed by atoms with Crippen molar-refractivity contribution in [2.75, 3.05) is 7.11 Å². The summed E-state index contributed by atoms with van der Waals surface area (Å²) in [6.07, 6.45) is 3.89. The van der Waals surface area contributed by atoms with Crippen LogP contribution in [0, 0.1) is 0 Å². The molecule has 0 saturated carbocycles. The van der Waals surface area contributed by atoms with Crippen LogP contribution >= 0.6 is 11.3 Å². The number of carbonyl (C=O) groups excluding carboxylic acids is 1. The van der Waals surface area contributed by atoms with Crippen molar-refractivity contribution < 1.29 is 14.3 Å². The first kappa shape index (κ1) is 22.8. The molecule has 170 valence electrons. The first-order valence-corrected chi connectivity index (χ1v) is 11.7. The number of benzene rings is 2. The Kier molecular flexibility index (Phi) is 6.65. The number of aromatic nitrogens is 1. The van der Waals surface area contributed by atoms with E-state index in [1.165, 1.54) is 0 Å². The van der Waals surface area contributed by atoms with Gasteiger partial charge in [-0.1, -0.05) is 24.3 Å². The second-order valence-electron chi connectivity index (χ2n) is 8.93. The predicted octanol–water partition coefficient (Wildman–Crippen LogP) is 6.78. The summed E-state index contributed by atoms with van der Waals surface area (Å²) in [5, 5.41) is 7.44. The largest absolute Gasteiger partial charge is 0.497 e. The number of thiophene rings is 1. The molecule has 2 aromatic carbocycles. The van der Waals surface area contributed by atoms with Gasteiger partial charge in [-0.25, -0.2) is 4.79 Å². The molecule has 0 spiro atoms. The maximum Gasteiger partial charge on any atom is 0.408 e. The highest BCUT2D eigenvalue weighted by Gasteiger charge is 2.22. The van der Waals surface area contributed by atoms with Crippen LogP contribution < -0.4 is 10.1 Å². The minimum Gasteiger partial charge on any atom is -0.497 e. The summed E-state index contributed by atoms with van der Waals surface area (Å²) in [4.78, 5) is 17.9. The standard InChI is InChI=1S/C27H28N2O3S/c1-27(2,3)32-26(30)29-24(13-18-5-9-23(31-4)10-6-18)22-15-25(33-17-22)20-7-8-21-16-28-12-11-19(21)14-20/h5-12,14-17,24H,13H2,1-4H3,(H,29,30)/t24-/m0/s1. The minimum atomic E-state index is -0.561. The zero-order valence-electron chi connectivity index (χ0n) is 19.3. The monoisotopic (exact) mass is 460 g/mol. The van der Waals surface area contributed by atoms with Gasteiger partial charge in [0.1, 0.15) is 11.4 Å². The third-order valence-corrected chi connectivity index (χ3v) is 6.23. The fourth-order valence-corrected chi connectivity index (χ4v) is 4.58. The van der Waals surface area contributed by atoms with E-state index in [0.29, 0.717) is 6.42 Å². The molecule has 33 heavy (non-hydrogen) atoms. The molecule has 0 aliphatic heterocycles. The zero-order chi connectivity index (χ0) is 23.4. The number of nitrogens with zero attached hydrogens (tertiary/aromatic N) is 1. The van der Waals surface area contributed by atoms with Crippen molar-refractivity contribution in [3.63, 3.8) is 0 Å². The Morgan fingerprint density at radius 3 is 2.58 bits per heavy atom. The summed E-state index contributed by atoms with van der Waals surface area (Å²) in [5.41, 5.74) is 2.73. The van der Waals surface area contributed by atoms with Crippen LogP contribution in [0.25, 0.3) is 21.2 Å². The number of alkyl carbamates (subject to hydrolysis) is 1. The van der Waals surface area contributed by atoms with Crippen LogP contribution in [0.15, 0.2) is 72.4 Å². The highest BCUT2D eigenvalue weighted by atomic mass is 32.1. The van der Waals surface area contributed by atoms with E-state index in [1.54, 1.807) is 18.4 Å². The molecule has 0 fully saturated rings. The smallest absolute Gasteiger partial charge is 0.408 e. The van der Waals surface area contributed by atoms with Crippen LogP contribution in [0.3, 0.4) is 0 Å². The predicted molar refractivity (Wildman–Crippen MR) is 134 cm³/mol. The highest BCUT2D eigenvalue weighted by molar-refractivity contribution is 7.13. The lowest BCUT2D eigenvalue weighted by atomic mass is 10.00. The average molecular weight is 461 g/mol. The molecule has 0 bridgehead atoms. The number of nitrogens with one attached hydrogen (secondary N) is 1. The van der Waals surface area contributed by atoms with Crippen LogP contribution in [0.1, 0.15) is 37.9 Å². The number of methoxy groups -OCH3 is 1. The lowest BCUT2D eigenvalue weighted by molar-refractivity contribution is 0.0503. The third kappa shape index (κ3) is 5.90. The molecular formula is C27H28N2O3S. The van der Waals surface area contributed by atoms with Crippen LogP contribution in [0.2, 0.25) is 0 Å². The van der Waals surface area contributed by atoms with Gasteiger partial charge in [0.25, 0.3) is 0 Å². The summed E-state index contributed by atoms with van der Waals surface area (Å²) in [7, 11) is 1.65. The van der Waals surface area contributed by atoms with Crippen LogP contribution in [-0.4, -0.2) is 23.8 Å². The molecule has 4 rings (SSSR count). The van der Waals surface area contributed by atoms with E-state index in [-0.39, 0.29) is 6.04 Å². The number of ether oxygens (including phenoxy) is 2. The van der Waals surface area contributed by atoms with Gasteiger partial charge in [-0.05, 0) is 85.0 Å². The molecule has 0 radical (unpaired) electrons. The van der Waals surface area contributed by atoms with Crippen LogP contribution in [0.4, 0.5) is 4.79 Å². The van der Waals surface area contributed by atoms with Gasteiger partial charge < -0.3 is 14.8 Å². The molecule has 2 aromatic heterocycles. The van der Waals surface area contributed by atoms with E-state index < -0.39 is 11.7 Å². The van der Waals surface area contributed by atoms with Crippen molar-refractivity contribution >= 4 is 28.2 Å². The Labute approximate surface area is 198 Å². The minimum absolute atomic E-state index is 0.220. The fraction of sp³-hybridized carbons (Fsp3) is 0.259. The first-order chi connectivity index (χ1) is 15.8. The Hall–Kier alpha value is -3.38. The Balaban J connectivity index is 1.61. The summed E-state index contributed by atoms with van der Waals surface area (Å²) >= 11 is 1.67. The number of rotatable bonds is 6. The molecule has 0 aliphatic carbocycles. The van der Waals surface area contributed by atoms with Crippen molar-refractivity contribution in [2.24, 2.45) is 0 Å². The SMILES string of the molecule is COc1ccc(C[C@H](NC(=O)OC(C)(C)C)c2csc(-c3ccc4cnccc4c3)c2)cc1. The number of amides is 1. The lowest BCUT2D eigenvalue weighted by Crippen LogP contribution is -2.35. The number of fused-ring (bicyclic) bond motifs is 1. The number of hydrogen-bond donors (Lipinski definition) is 1. The topological polar surface area (TPSA) is 60.5 Å². The molecule has 5 nitrogen and oxygen atoms in total. The maximum absolute atomic E-state index is 12.6. The van der Waals surface area contributed by atoms with E-state index in [4.69, 9.17) is 9.47 Å². The summed E-state index contributed by atoms with van der Waals surface area (Å²) in [6, 6.07) is 18.2. The molecule has 1 atom stereocenters. The summed E-state index contributed by atoms with van der Waals surface area (Å²) in [6.45, 7) is 5.59. The zero-order valence-corrected chi connectivity index (χ0v) is 20.1. The van der Waals surface area contributed by atoms with Crippen molar-refractivity contribution in [3.8, 4) is 16.2 Å². The van der Waals surface area contributed by atoms with Crippen LogP contribution in [0.5, 0.6) is 5.75 Å². The van der Waals surface area contributed by atoms with E-state index in [9.17, 15) is 4.79 Å². The summed E-state index contributed by atoms with van der Waals surface area (Å²) < 4.78 is 10.8. The van der Waals surface area contributed by atoms with Gasteiger partial charge in [0.15, 0.2) is 0 Å². The van der Waals surface area contributed by atoms with Crippen molar-refractivity contribution in [1.82, 2.24) is 10.3 Å². The van der Waals surface area contributed by atoms with Gasteiger partial charge in [0.05, 0.1) is 13.2 Å². The normalized spacial score (nSPS) is 12.4. The van der Waals surface area contributed by atoms with Gasteiger partial charge in [0.2, 0.25) is 0 Å². The summed E-state index contributed by atoms with van der Waals surface area (Å²) in [5.74, 6) is 0.805. The Morgan fingerprint density at radius 2 is 1.85 bits per heavy atom. The number of hydrogen-bond acceptors (Lipinski definition) is 5. The van der Waals surface area contributed by atoms with E-state index in [1.807, 2.05) is 63.5 Å². The Morgan fingerprint density at radius 1 is 1.06 bits per heavy atom. The molecule has 1 amide bonds. The maximum atomic E-state index is 12.6. The number of carbonyl (C=O) groups is 1. The first-order valence-electron chi connectivity index (χ1n) is 10.9. The van der Waals surface area contributed by atoms with Crippen molar-refractivity contribution in [3.05, 3.63) is 83.5 Å². The van der Waals surface area contributed by atoms with Gasteiger partial charge in [-0.2, -0.15) is 0 Å². The van der Waals surface area contributed by atoms with E-state index >= 15 is 0 Å². The second-order valence-corrected chi connectivity index (χ2v) is 9.84. The quantitative estimate of drug-likeness (QED) is 0.344. The van der Waals surface area contributed by atoms with Gasteiger partial charge in [-0.15, -0.1) is 11.3 Å². The number of pyridine rings is 1.